The zero-order valence-electron chi connectivity index (χ0n) is 17.7. The van der Waals surface area contributed by atoms with Crippen LogP contribution in [-0.4, -0.2) is 25.1 Å². The molecule has 0 saturated carbocycles. The Bertz CT molecular complexity index is 1450. The molecular formula is C25H19NO7. The molecule has 3 aromatic carbocycles. The summed E-state index contributed by atoms with van der Waals surface area (Å²) in [4.78, 5) is 29.4. The molecule has 0 atom stereocenters. The number of carbonyl (C=O) groups excluding carboxylic acids is 1. The smallest absolute Gasteiger partial charge is 0.347 e. The Hall–Kier alpha value is -4.33. The first-order valence-electron chi connectivity index (χ1n) is 10.3. The average Bonchev–Trinajstić information content (AvgIpc) is 3.30. The molecule has 0 bridgehead atoms. The third-order valence-electron chi connectivity index (χ3n) is 5.28. The van der Waals surface area contributed by atoms with Crippen molar-refractivity contribution in [1.29, 1.82) is 0 Å². The number of esters is 1. The molecule has 0 amide bonds. The van der Waals surface area contributed by atoms with Gasteiger partial charge >= 0.3 is 11.6 Å². The van der Waals surface area contributed by atoms with E-state index >= 15 is 0 Å². The first-order valence-corrected chi connectivity index (χ1v) is 10.3. The van der Waals surface area contributed by atoms with Crippen LogP contribution in [0, 0.1) is 0 Å². The van der Waals surface area contributed by atoms with Crippen molar-refractivity contribution in [3.05, 3.63) is 82.2 Å². The van der Waals surface area contributed by atoms with Crippen LogP contribution >= 0.6 is 0 Å². The van der Waals surface area contributed by atoms with Gasteiger partial charge < -0.3 is 23.5 Å². The SMILES string of the molecule is CC(=NOCC(=O)OCc1cc(=O)oc2ccc3ccccc3c12)c1ccc2c(c1)OCO2. The van der Waals surface area contributed by atoms with Crippen LogP contribution < -0.4 is 15.1 Å². The molecular weight excluding hydrogens is 426 g/mol. The lowest BCUT2D eigenvalue weighted by molar-refractivity contribution is -0.150. The third kappa shape index (κ3) is 4.23. The fourth-order valence-electron chi connectivity index (χ4n) is 3.69. The fourth-order valence-corrected chi connectivity index (χ4v) is 3.69. The molecule has 8 heteroatoms. The summed E-state index contributed by atoms with van der Waals surface area (Å²) in [5, 5.41) is 6.60. The number of hydrogen-bond acceptors (Lipinski definition) is 8. The molecule has 1 aliphatic heterocycles. The lowest BCUT2D eigenvalue weighted by atomic mass is 10.0. The highest BCUT2D eigenvalue weighted by Crippen LogP contribution is 2.32. The van der Waals surface area contributed by atoms with Gasteiger partial charge in [0.2, 0.25) is 13.4 Å². The van der Waals surface area contributed by atoms with Gasteiger partial charge in [-0.15, -0.1) is 0 Å². The molecule has 4 aromatic rings. The van der Waals surface area contributed by atoms with Gasteiger partial charge in [0, 0.05) is 22.6 Å². The van der Waals surface area contributed by atoms with Crippen LogP contribution in [0.3, 0.4) is 0 Å². The number of carbonyl (C=O) groups is 1. The van der Waals surface area contributed by atoms with Crippen LogP contribution in [0.25, 0.3) is 21.7 Å². The maximum atomic E-state index is 12.2. The van der Waals surface area contributed by atoms with E-state index in [0.29, 0.717) is 28.4 Å². The average molecular weight is 445 g/mol. The van der Waals surface area contributed by atoms with Gasteiger partial charge in [0.05, 0.1) is 5.71 Å². The van der Waals surface area contributed by atoms with E-state index in [2.05, 4.69) is 5.16 Å². The fraction of sp³-hybridized carbons (Fsp3) is 0.160. The molecule has 166 valence electrons. The monoisotopic (exact) mass is 445 g/mol. The summed E-state index contributed by atoms with van der Waals surface area (Å²) in [5.74, 6) is 0.693. The predicted molar refractivity (Wildman–Crippen MR) is 121 cm³/mol. The number of rotatable bonds is 6. The van der Waals surface area contributed by atoms with Crippen LogP contribution in [0.1, 0.15) is 18.1 Å². The zero-order valence-corrected chi connectivity index (χ0v) is 17.7. The van der Waals surface area contributed by atoms with Crippen molar-refractivity contribution in [3.63, 3.8) is 0 Å². The Morgan fingerprint density at radius 2 is 1.88 bits per heavy atom. The third-order valence-corrected chi connectivity index (χ3v) is 5.28. The quantitative estimate of drug-likeness (QED) is 0.145. The largest absolute Gasteiger partial charge is 0.458 e. The number of nitrogens with zero attached hydrogens (tertiary/aromatic N) is 1. The predicted octanol–water partition coefficient (Wildman–Crippen LogP) is 4.16. The molecule has 0 N–H and O–H groups in total. The summed E-state index contributed by atoms with van der Waals surface area (Å²) in [5.41, 5.74) is 1.84. The minimum atomic E-state index is -0.612. The highest BCUT2D eigenvalue weighted by Gasteiger charge is 2.15. The summed E-state index contributed by atoms with van der Waals surface area (Å²) in [6.07, 6.45) is 0. The summed E-state index contributed by atoms with van der Waals surface area (Å²) in [6.45, 7) is 1.47. The Morgan fingerprint density at radius 3 is 2.79 bits per heavy atom. The molecule has 8 nitrogen and oxygen atoms in total. The van der Waals surface area contributed by atoms with Crippen molar-refractivity contribution in [2.45, 2.75) is 13.5 Å². The summed E-state index contributed by atoms with van der Waals surface area (Å²) in [7, 11) is 0. The first kappa shape index (κ1) is 20.6. The van der Waals surface area contributed by atoms with Crippen molar-refractivity contribution < 1.29 is 28.3 Å². The van der Waals surface area contributed by atoms with E-state index in [1.165, 1.54) is 6.07 Å². The molecule has 0 unspecified atom stereocenters. The van der Waals surface area contributed by atoms with Gasteiger partial charge in [-0.1, -0.05) is 35.5 Å². The molecule has 0 spiro atoms. The standard InChI is InChI=1S/C25H19NO7/c1-15(17-7-8-20-22(10-17)31-14-30-20)26-32-13-24(28)29-12-18-11-23(27)33-21-9-6-16-4-2-3-5-19(16)25(18)21/h2-11H,12-14H2,1H3. The maximum Gasteiger partial charge on any atom is 0.347 e. The van der Waals surface area contributed by atoms with E-state index in [1.54, 1.807) is 25.1 Å². The van der Waals surface area contributed by atoms with E-state index in [0.717, 1.165) is 21.7 Å². The molecule has 5 rings (SSSR count). The van der Waals surface area contributed by atoms with Gasteiger partial charge in [-0.25, -0.2) is 9.59 Å². The summed E-state index contributed by atoms with van der Waals surface area (Å²) in [6, 6.07) is 18.1. The zero-order chi connectivity index (χ0) is 22.8. The van der Waals surface area contributed by atoms with Crippen LogP contribution in [-0.2, 0) is 21.0 Å². The second-order valence-electron chi connectivity index (χ2n) is 7.43. The maximum absolute atomic E-state index is 12.2. The number of fused-ring (bicyclic) bond motifs is 4. The van der Waals surface area contributed by atoms with E-state index in [9.17, 15) is 9.59 Å². The van der Waals surface area contributed by atoms with Crippen molar-refractivity contribution in [3.8, 4) is 11.5 Å². The normalized spacial score (nSPS) is 12.8. The van der Waals surface area contributed by atoms with Crippen LogP contribution in [0.5, 0.6) is 11.5 Å². The Balaban J connectivity index is 1.26. The highest BCUT2D eigenvalue weighted by molar-refractivity contribution is 6.07. The number of hydrogen-bond donors (Lipinski definition) is 0. The summed E-state index contributed by atoms with van der Waals surface area (Å²) < 4.78 is 21.3. The van der Waals surface area contributed by atoms with Gasteiger partial charge in [0.1, 0.15) is 12.2 Å². The minimum absolute atomic E-state index is 0.0941. The molecule has 0 radical (unpaired) electrons. The lowest BCUT2D eigenvalue weighted by Gasteiger charge is -2.09. The lowest BCUT2D eigenvalue weighted by Crippen LogP contribution is -2.12. The van der Waals surface area contributed by atoms with E-state index in [4.69, 9.17) is 23.5 Å². The molecule has 0 fully saturated rings. The molecule has 0 saturated heterocycles. The minimum Gasteiger partial charge on any atom is -0.458 e. The Kier molecular flexibility index (Phi) is 5.40. The van der Waals surface area contributed by atoms with Gasteiger partial charge in [-0.2, -0.15) is 0 Å². The Morgan fingerprint density at radius 1 is 1.03 bits per heavy atom. The molecule has 33 heavy (non-hydrogen) atoms. The van der Waals surface area contributed by atoms with Crippen molar-refractivity contribution in [2.75, 3.05) is 13.4 Å². The number of ether oxygens (including phenoxy) is 3. The van der Waals surface area contributed by atoms with Crippen molar-refractivity contribution in [1.82, 2.24) is 0 Å². The second kappa shape index (κ2) is 8.66. The van der Waals surface area contributed by atoms with Crippen molar-refractivity contribution >= 4 is 33.4 Å². The van der Waals surface area contributed by atoms with Gasteiger partial charge in [0.15, 0.2) is 11.5 Å². The van der Waals surface area contributed by atoms with Gasteiger partial charge in [-0.3, -0.25) is 0 Å². The van der Waals surface area contributed by atoms with Crippen LogP contribution in [0.15, 0.2) is 75.0 Å². The number of benzene rings is 3. The number of oxime groups is 1. The highest BCUT2D eigenvalue weighted by atomic mass is 16.7. The summed E-state index contributed by atoms with van der Waals surface area (Å²) >= 11 is 0. The topological polar surface area (TPSA) is 96.6 Å². The molecule has 2 heterocycles. The van der Waals surface area contributed by atoms with Crippen molar-refractivity contribution in [2.24, 2.45) is 5.16 Å². The van der Waals surface area contributed by atoms with E-state index < -0.39 is 11.6 Å². The van der Waals surface area contributed by atoms with Gasteiger partial charge in [-0.05, 0) is 42.0 Å². The second-order valence-corrected chi connectivity index (χ2v) is 7.43. The van der Waals surface area contributed by atoms with Crippen LogP contribution in [0.4, 0.5) is 0 Å². The Labute approximate surface area is 187 Å². The van der Waals surface area contributed by atoms with E-state index in [-0.39, 0.29) is 20.0 Å². The first-order chi connectivity index (χ1) is 16.1. The van der Waals surface area contributed by atoms with Crippen LogP contribution in [0.2, 0.25) is 0 Å². The van der Waals surface area contributed by atoms with E-state index in [1.807, 2.05) is 36.4 Å². The van der Waals surface area contributed by atoms with Gasteiger partial charge in [0.25, 0.3) is 0 Å². The molecule has 0 aliphatic carbocycles. The molecule has 1 aliphatic rings. The molecule has 1 aromatic heterocycles.